The summed E-state index contributed by atoms with van der Waals surface area (Å²) in [6.07, 6.45) is 4.10. The van der Waals surface area contributed by atoms with Gasteiger partial charge in [-0.3, -0.25) is 9.89 Å². The monoisotopic (exact) mass is 384 g/mol. The van der Waals surface area contributed by atoms with Crippen LogP contribution in [0.5, 0.6) is 0 Å². The highest BCUT2D eigenvalue weighted by Crippen LogP contribution is 2.34. The van der Waals surface area contributed by atoms with Gasteiger partial charge in [0.15, 0.2) is 0 Å². The molecule has 1 fully saturated rings. The third-order valence-corrected chi connectivity index (χ3v) is 5.93. The summed E-state index contributed by atoms with van der Waals surface area (Å²) < 4.78 is 2.17. The van der Waals surface area contributed by atoms with Crippen molar-refractivity contribution in [3.8, 4) is 0 Å². The zero-order chi connectivity index (χ0) is 19.8. The highest BCUT2D eigenvalue weighted by molar-refractivity contribution is 5.93. The number of aryl methyl sites for hydroxylation is 1. The van der Waals surface area contributed by atoms with Crippen LogP contribution in [-0.2, 0) is 6.54 Å². The number of hydrogen-bond acceptors (Lipinski definition) is 2. The number of rotatable bonds is 4. The molecule has 0 radical (unpaired) electrons. The van der Waals surface area contributed by atoms with Gasteiger partial charge in [0.25, 0.3) is 5.91 Å². The van der Waals surface area contributed by atoms with Gasteiger partial charge in [0, 0.05) is 18.3 Å². The normalized spacial score (nSPS) is 16.6. The molecule has 0 spiro atoms. The summed E-state index contributed by atoms with van der Waals surface area (Å²) in [5, 5.41) is 8.61. The number of aromatic amines is 1. The third kappa shape index (κ3) is 3.23. The van der Waals surface area contributed by atoms with Crippen LogP contribution in [0.3, 0.4) is 0 Å². The van der Waals surface area contributed by atoms with Gasteiger partial charge in [-0.2, -0.15) is 5.10 Å². The first kappa shape index (κ1) is 17.7. The number of H-pyrrole nitrogens is 1. The van der Waals surface area contributed by atoms with Gasteiger partial charge in [-0.15, -0.1) is 0 Å². The Labute approximate surface area is 170 Å². The van der Waals surface area contributed by atoms with Crippen LogP contribution in [-0.4, -0.2) is 32.1 Å². The fraction of sp³-hybridized carbons (Fsp3) is 0.250. The molecule has 3 heterocycles. The van der Waals surface area contributed by atoms with Crippen molar-refractivity contribution in [1.82, 2.24) is 19.7 Å². The molecular weight excluding hydrogens is 360 g/mol. The number of aromatic nitrogens is 3. The Kier molecular flexibility index (Phi) is 4.43. The zero-order valence-corrected chi connectivity index (χ0v) is 16.5. The third-order valence-electron chi connectivity index (χ3n) is 5.93. The van der Waals surface area contributed by atoms with Crippen LogP contribution in [0.25, 0.3) is 10.9 Å². The van der Waals surface area contributed by atoms with Gasteiger partial charge in [0.2, 0.25) is 0 Å². The molecule has 4 aromatic rings. The summed E-state index contributed by atoms with van der Waals surface area (Å²) in [5.41, 5.74) is 5.08. The standard InChI is InChI=1S/C24H24N4O/c1-17-7-2-4-9-20(17)23-11-6-13-28(23)24(29)21-15-19(25-26-21)16-27-14-12-18-8-3-5-10-22(18)27/h2-5,7-10,12,14-15,23H,6,11,13,16H2,1H3,(H,25,26). The maximum Gasteiger partial charge on any atom is 0.274 e. The SMILES string of the molecule is Cc1ccccc1C1CCCN1C(=O)c1cc(Cn2ccc3ccccc32)[nH]n1. The maximum atomic E-state index is 13.2. The predicted molar refractivity (Wildman–Crippen MR) is 114 cm³/mol. The van der Waals surface area contributed by atoms with Gasteiger partial charge in [0.05, 0.1) is 18.3 Å². The van der Waals surface area contributed by atoms with Crippen LogP contribution in [0.1, 0.15) is 46.2 Å². The molecule has 0 bridgehead atoms. The Balaban J connectivity index is 1.37. The van der Waals surface area contributed by atoms with Gasteiger partial charge >= 0.3 is 0 Å². The first-order chi connectivity index (χ1) is 14.2. The van der Waals surface area contributed by atoms with Crippen LogP contribution >= 0.6 is 0 Å². The van der Waals surface area contributed by atoms with Crippen molar-refractivity contribution in [2.75, 3.05) is 6.54 Å². The number of likely N-dealkylation sites (tertiary alicyclic amines) is 1. The van der Waals surface area contributed by atoms with Gasteiger partial charge in [-0.1, -0.05) is 42.5 Å². The first-order valence-electron chi connectivity index (χ1n) is 10.2. The van der Waals surface area contributed by atoms with Gasteiger partial charge < -0.3 is 9.47 Å². The Hall–Kier alpha value is -3.34. The number of carbonyl (C=O) groups excluding carboxylic acids is 1. The van der Waals surface area contributed by atoms with Crippen LogP contribution in [0.15, 0.2) is 66.9 Å². The van der Waals surface area contributed by atoms with E-state index in [9.17, 15) is 4.79 Å². The summed E-state index contributed by atoms with van der Waals surface area (Å²) in [4.78, 5) is 15.2. The minimum absolute atomic E-state index is 0.00983. The number of benzene rings is 2. The molecular formula is C24H24N4O. The quantitative estimate of drug-likeness (QED) is 0.554. The van der Waals surface area contributed by atoms with Crippen molar-refractivity contribution < 1.29 is 4.79 Å². The van der Waals surface area contributed by atoms with E-state index in [-0.39, 0.29) is 11.9 Å². The second-order valence-corrected chi connectivity index (χ2v) is 7.79. The van der Waals surface area contributed by atoms with E-state index in [2.05, 4.69) is 64.3 Å². The van der Waals surface area contributed by atoms with Crippen molar-refractivity contribution in [2.45, 2.75) is 32.4 Å². The number of nitrogens with one attached hydrogen (secondary N) is 1. The van der Waals surface area contributed by atoms with Crippen LogP contribution in [0, 0.1) is 6.92 Å². The molecule has 1 saturated heterocycles. The van der Waals surface area contributed by atoms with Crippen LogP contribution in [0.2, 0.25) is 0 Å². The van der Waals surface area contributed by atoms with E-state index in [4.69, 9.17) is 0 Å². The largest absolute Gasteiger partial charge is 0.341 e. The average Bonchev–Trinajstić information content (AvgIpc) is 3.48. The molecule has 0 aliphatic carbocycles. The molecule has 0 saturated carbocycles. The molecule has 29 heavy (non-hydrogen) atoms. The summed E-state index contributed by atoms with van der Waals surface area (Å²) in [7, 11) is 0. The van der Waals surface area contributed by atoms with E-state index in [1.807, 2.05) is 29.2 Å². The lowest BCUT2D eigenvalue weighted by Crippen LogP contribution is -2.31. The molecule has 1 amide bonds. The number of amides is 1. The lowest BCUT2D eigenvalue weighted by atomic mass is 9.99. The molecule has 1 aliphatic heterocycles. The highest BCUT2D eigenvalue weighted by Gasteiger charge is 2.32. The molecule has 2 aromatic carbocycles. The van der Waals surface area contributed by atoms with Crippen molar-refractivity contribution in [3.63, 3.8) is 0 Å². The molecule has 5 heteroatoms. The number of fused-ring (bicyclic) bond motifs is 1. The first-order valence-corrected chi connectivity index (χ1v) is 10.2. The van der Waals surface area contributed by atoms with E-state index in [1.54, 1.807) is 0 Å². The van der Waals surface area contributed by atoms with Crippen molar-refractivity contribution >= 4 is 16.8 Å². The summed E-state index contributed by atoms with van der Waals surface area (Å²) in [6.45, 7) is 3.56. The smallest absolute Gasteiger partial charge is 0.274 e. The molecule has 5 nitrogen and oxygen atoms in total. The number of hydrogen-bond donors (Lipinski definition) is 1. The Morgan fingerprint density at radius 2 is 1.97 bits per heavy atom. The summed E-state index contributed by atoms with van der Waals surface area (Å²) >= 11 is 0. The maximum absolute atomic E-state index is 13.2. The minimum Gasteiger partial charge on any atom is -0.341 e. The molecule has 1 unspecified atom stereocenters. The van der Waals surface area contributed by atoms with Gasteiger partial charge in [-0.25, -0.2) is 0 Å². The topological polar surface area (TPSA) is 53.9 Å². The van der Waals surface area contributed by atoms with E-state index >= 15 is 0 Å². The molecule has 1 atom stereocenters. The number of para-hydroxylation sites is 1. The lowest BCUT2D eigenvalue weighted by molar-refractivity contribution is 0.0729. The molecule has 5 rings (SSSR count). The second-order valence-electron chi connectivity index (χ2n) is 7.79. The zero-order valence-electron chi connectivity index (χ0n) is 16.5. The molecule has 1 N–H and O–H groups in total. The lowest BCUT2D eigenvalue weighted by Gasteiger charge is -2.25. The van der Waals surface area contributed by atoms with Crippen LogP contribution < -0.4 is 0 Å². The number of carbonyl (C=O) groups is 1. The fourth-order valence-corrected chi connectivity index (χ4v) is 4.46. The molecule has 1 aliphatic rings. The highest BCUT2D eigenvalue weighted by atomic mass is 16.2. The Morgan fingerprint density at radius 3 is 2.86 bits per heavy atom. The van der Waals surface area contributed by atoms with Crippen molar-refractivity contribution in [1.29, 1.82) is 0 Å². The van der Waals surface area contributed by atoms with E-state index in [0.29, 0.717) is 12.2 Å². The fourth-order valence-electron chi connectivity index (χ4n) is 4.46. The predicted octanol–water partition coefficient (Wildman–Crippen LogP) is 4.70. The van der Waals surface area contributed by atoms with Crippen molar-refractivity contribution in [3.05, 3.63) is 89.4 Å². The van der Waals surface area contributed by atoms with Crippen LogP contribution in [0.4, 0.5) is 0 Å². The van der Waals surface area contributed by atoms with Gasteiger partial charge in [-0.05, 0) is 54.5 Å². The van der Waals surface area contributed by atoms with E-state index in [1.165, 1.54) is 22.0 Å². The summed E-state index contributed by atoms with van der Waals surface area (Å²) in [5.74, 6) is 0.00983. The second kappa shape index (κ2) is 7.24. The Morgan fingerprint density at radius 1 is 1.14 bits per heavy atom. The van der Waals surface area contributed by atoms with E-state index in [0.717, 1.165) is 25.1 Å². The summed E-state index contributed by atoms with van der Waals surface area (Å²) in [6, 6.07) is 20.8. The van der Waals surface area contributed by atoms with Crippen molar-refractivity contribution in [2.24, 2.45) is 0 Å². The Bertz CT molecular complexity index is 1170. The van der Waals surface area contributed by atoms with E-state index < -0.39 is 0 Å². The van der Waals surface area contributed by atoms with Gasteiger partial charge in [0.1, 0.15) is 5.69 Å². The number of nitrogens with zero attached hydrogens (tertiary/aromatic N) is 3. The molecule has 146 valence electrons. The molecule has 2 aromatic heterocycles. The average molecular weight is 384 g/mol. The minimum atomic E-state index is 0.00983.